The SMILES string of the molecule is CN1CCCC1.c1nncs1. The summed E-state index contributed by atoms with van der Waals surface area (Å²) in [5.41, 5.74) is 3.36. The Bertz CT molecular complexity index is 141. The van der Waals surface area contributed by atoms with E-state index in [0.29, 0.717) is 0 Å². The zero-order valence-electron chi connectivity index (χ0n) is 6.73. The molecule has 0 aliphatic carbocycles. The fraction of sp³-hybridized carbons (Fsp3) is 0.714. The summed E-state index contributed by atoms with van der Waals surface area (Å²) >= 11 is 1.49. The Balaban J connectivity index is 0.000000112. The zero-order valence-corrected chi connectivity index (χ0v) is 7.55. The van der Waals surface area contributed by atoms with Gasteiger partial charge >= 0.3 is 0 Å². The molecule has 1 aliphatic heterocycles. The average molecular weight is 171 g/mol. The molecule has 0 amide bonds. The number of hydrogen-bond acceptors (Lipinski definition) is 4. The molecule has 1 fully saturated rings. The summed E-state index contributed by atoms with van der Waals surface area (Å²) in [4.78, 5) is 2.36. The van der Waals surface area contributed by atoms with Crippen LogP contribution < -0.4 is 0 Å². The highest BCUT2D eigenvalue weighted by Crippen LogP contribution is 2.02. The van der Waals surface area contributed by atoms with E-state index in [1.165, 1.54) is 37.3 Å². The second-order valence-electron chi connectivity index (χ2n) is 2.59. The summed E-state index contributed by atoms with van der Waals surface area (Å²) < 4.78 is 0. The summed E-state index contributed by atoms with van der Waals surface area (Å²) in [7, 11) is 2.17. The van der Waals surface area contributed by atoms with Crippen molar-refractivity contribution in [1.29, 1.82) is 0 Å². The second-order valence-corrected chi connectivity index (χ2v) is 3.28. The van der Waals surface area contributed by atoms with Crippen LogP contribution in [0.1, 0.15) is 12.8 Å². The van der Waals surface area contributed by atoms with Gasteiger partial charge in [0.15, 0.2) is 0 Å². The second kappa shape index (κ2) is 5.21. The van der Waals surface area contributed by atoms with Crippen molar-refractivity contribution >= 4 is 11.3 Å². The molecule has 11 heavy (non-hydrogen) atoms. The van der Waals surface area contributed by atoms with Crippen molar-refractivity contribution in [2.24, 2.45) is 0 Å². The van der Waals surface area contributed by atoms with Crippen LogP contribution in [0.5, 0.6) is 0 Å². The van der Waals surface area contributed by atoms with Crippen LogP contribution in [0.4, 0.5) is 0 Å². The van der Waals surface area contributed by atoms with E-state index < -0.39 is 0 Å². The molecule has 0 saturated carbocycles. The third-order valence-electron chi connectivity index (χ3n) is 1.61. The Morgan fingerprint density at radius 1 is 1.18 bits per heavy atom. The molecule has 62 valence electrons. The van der Waals surface area contributed by atoms with Crippen LogP contribution in [-0.2, 0) is 0 Å². The van der Waals surface area contributed by atoms with Gasteiger partial charge < -0.3 is 4.90 Å². The van der Waals surface area contributed by atoms with E-state index in [9.17, 15) is 0 Å². The molecule has 4 heteroatoms. The summed E-state index contributed by atoms with van der Waals surface area (Å²) in [6.07, 6.45) is 2.83. The monoisotopic (exact) mass is 171 g/mol. The molecular formula is C7H13N3S. The first-order valence-corrected chi connectivity index (χ1v) is 4.71. The van der Waals surface area contributed by atoms with E-state index >= 15 is 0 Å². The van der Waals surface area contributed by atoms with Gasteiger partial charge in [-0.25, -0.2) is 0 Å². The van der Waals surface area contributed by atoms with Gasteiger partial charge in [0.1, 0.15) is 11.0 Å². The lowest BCUT2D eigenvalue weighted by Gasteiger charge is -2.01. The maximum atomic E-state index is 3.49. The van der Waals surface area contributed by atoms with Gasteiger partial charge in [-0.2, -0.15) is 0 Å². The fourth-order valence-electron chi connectivity index (χ4n) is 1.01. The fourth-order valence-corrected chi connectivity index (χ4v) is 1.28. The Morgan fingerprint density at radius 3 is 1.91 bits per heavy atom. The van der Waals surface area contributed by atoms with Crippen LogP contribution >= 0.6 is 11.3 Å². The number of hydrogen-bond donors (Lipinski definition) is 0. The first kappa shape index (κ1) is 8.62. The molecule has 0 bridgehead atoms. The van der Waals surface area contributed by atoms with Crippen molar-refractivity contribution in [2.75, 3.05) is 20.1 Å². The van der Waals surface area contributed by atoms with E-state index in [4.69, 9.17) is 0 Å². The molecule has 1 aromatic heterocycles. The number of rotatable bonds is 0. The number of likely N-dealkylation sites (tertiary alicyclic amines) is 1. The highest BCUT2D eigenvalue weighted by Gasteiger charge is 2.03. The Labute approximate surface area is 71.1 Å². The maximum absolute atomic E-state index is 3.49. The lowest BCUT2D eigenvalue weighted by Crippen LogP contribution is -2.10. The summed E-state index contributed by atoms with van der Waals surface area (Å²) in [5.74, 6) is 0. The molecule has 0 N–H and O–H groups in total. The highest BCUT2D eigenvalue weighted by molar-refractivity contribution is 7.07. The zero-order chi connectivity index (χ0) is 7.94. The minimum absolute atomic E-state index is 1.32. The molecule has 1 aliphatic rings. The number of nitrogens with zero attached hydrogens (tertiary/aromatic N) is 3. The predicted molar refractivity (Wildman–Crippen MR) is 46.6 cm³/mol. The van der Waals surface area contributed by atoms with E-state index in [-0.39, 0.29) is 0 Å². The standard InChI is InChI=1S/C5H11N.C2H2N2S/c1-6-4-2-3-5-6;1-3-4-2-5-1/h2-5H2,1H3;1-2H. The molecule has 0 spiro atoms. The van der Waals surface area contributed by atoms with Gasteiger partial charge in [-0.3, -0.25) is 0 Å². The lowest BCUT2D eigenvalue weighted by atomic mass is 10.4. The van der Waals surface area contributed by atoms with E-state index in [1.54, 1.807) is 11.0 Å². The summed E-state index contributed by atoms with van der Waals surface area (Å²) in [5, 5.41) is 6.98. The molecule has 2 heterocycles. The molecule has 2 rings (SSSR count). The van der Waals surface area contributed by atoms with E-state index in [1.807, 2.05) is 0 Å². The van der Waals surface area contributed by atoms with Crippen molar-refractivity contribution in [3.8, 4) is 0 Å². The summed E-state index contributed by atoms with van der Waals surface area (Å²) in [6, 6.07) is 0. The van der Waals surface area contributed by atoms with Crippen molar-refractivity contribution in [3.63, 3.8) is 0 Å². The molecule has 1 saturated heterocycles. The predicted octanol–water partition coefficient (Wildman–Crippen LogP) is 1.25. The topological polar surface area (TPSA) is 29.0 Å². The van der Waals surface area contributed by atoms with Crippen LogP contribution in [-0.4, -0.2) is 35.2 Å². The van der Waals surface area contributed by atoms with Gasteiger partial charge in [0.25, 0.3) is 0 Å². The molecule has 3 nitrogen and oxygen atoms in total. The summed E-state index contributed by atoms with van der Waals surface area (Å²) in [6.45, 7) is 2.64. The molecule has 0 atom stereocenters. The highest BCUT2D eigenvalue weighted by atomic mass is 32.1. The van der Waals surface area contributed by atoms with E-state index in [0.717, 1.165) is 0 Å². The van der Waals surface area contributed by atoms with E-state index in [2.05, 4.69) is 22.1 Å². The quantitative estimate of drug-likeness (QED) is 0.588. The van der Waals surface area contributed by atoms with Crippen LogP contribution in [0.3, 0.4) is 0 Å². The van der Waals surface area contributed by atoms with Crippen molar-refractivity contribution < 1.29 is 0 Å². The third kappa shape index (κ3) is 4.06. The first-order chi connectivity index (χ1) is 5.39. The van der Waals surface area contributed by atoms with Gasteiger partial charge in [0, 0.05) is 0 Å². The Kier molecular flexibility index (Phi) is 4.08. The molecule has 0 unspecified atom stereocenters. The first-order valence-electron chi connectivity index (χ1n) is 3.77. The van der Waals surface area contributed by atoms with Gasteiger partial charge in [-0.15, -0.1) is 21.5 Å². The van der Waals surface area contributed by atoms with Crippen LogP contribution in [0.25, 0.3) is 0 Å². The molecule has 0 radical (unpaired) electrons. The van der Waals surface area contributed by atoms with Crippen LogP contribution in [0.2, 0.25) is 0 Å². The number of aromatic nitrogens is 2. The van der Waals surface area contributed by atoms with Crippen molar-refractivity contribution in [2.45, 2.75) is 12.8 Å². The van der Waals surface area contributed by atoms with Crippen LogP contribution in [0.15, 0.2) is 11.0 Å². The van der Waals surface area contributed by atoms with Crippen LogP contribution in [0, 0.1) is 0 Å². The van der Waals surface area contributed by atoms with Crippen molar-refractivity contribution in [3.05, 3.63) is 11.0 Å². The molecule has 0 aromatic carbocycles. The van der Waals surface area contributed by atoms with Gasteiger partial charge in [-0.05, 0) is 33.0 Å². The smallest absolute Gasteiger partial charge is 0.103 e. The Morgan fingerprint density at radius 2 is 1.73 bits per heavy atom. The molecular weight excluding hydrogens is 158 g/mol. The minimum atomic E-state index is 1.32. The maximum Gasteiger partial charge on any atom is 0.103 e. The lowest BCUT2D eigenvalue weighted by molar-refractivity contribution is 0.418. The normalized spacial score (nSPS) is 17.5. The van der Waals surface area contributed by atoms with Crippen molar-refractivity contribution in [1.82, 2.24) is 15.1 Å². The molecule has 1 aromatic rings. The average Bonchev–Trinajstić information content (AvgIpc) is 2.57. The van der Waals surface area contributed by atoms with Gasteiger partial charge in [-0.1, -0.05) is 0 Å². The Hall–Kier alpha value is -0.480. The largest absolute Gasteiger partial charge is 0.306 e. The minimum Gasteiger partial charge on any atom is -0.306 e. The third-order valence-corrected chi connectivity index (χ3v) is 2.04. The van der Waals surface area contributed by atoms with Gasteiger partial charge in [0.2, 0.25) is 0 Å². The van der Waals surface area contributed by atoms with Gasteiger partial charge in [0.05, 0.1) is 0 Å².